The van der Waals surface area contributed by atoms with Crippen molar-refractivity contribution in [1.29, 1.82) is 0 Å². The minimum Gasteiger partial charge on any atom is -0.416 e. The lowest BCUT2D eigenvalue weighted by Crippen LogP contribution is -2.51. The zero-order valence-electron chi connectivity index (χ0n) is 25.4. The third-order valence-electron chi connectivity index (χ3n) is 7.67. The SMILES string of the molecule is CC(C)(C)[Si](C)(C)OC[C@@H](N=[N+]=[N-])[C@H](OCc1ccccc1)[C@H](OCc1ccccc1)[C@H](O)COCc1ccccc1. The lowest BCUT2D eigenvalue weighted by Gasteiger charge is -2.39. The Kier molecular flexibility index (Phi) is 13.2. The molecular formula is C33H45N3O5Si. The van der Waals surface area contributed by atoms with Crippen LogP contribution < -0.4 is 0 Å². The Hall–Kier alpha value is -3.01. The lowest BCUT2D eigenvalue weighted by molar-refractivity contribution is -0.155. The van der Waals surface area contributed by atoms with Crippen molar-refractivity contribution in [2.75, 3.05) is 13.2 Å². The first-order valence-electron chi connectivity index (χ1n) is 14.4. The van der Waals surface area contributed by atoms with Crippen LogP contribution in [0.2, 0.25) is 18.1 Å². The van der Waals surface area contributed by atoms with Gasteiger partial charge < -0.3 is 23.7 Å². The average molecular weight is 592 g/mol. The van der Waals surface area contributed by atoms with Gasteiger partial charge in [-0.15, -0.1) is 0 Å². The molecule has 3 aromatic rings. The van der Waals surface area contributed by atoms with E-state index in [0.29, 0.717) is 6.61 Å². The van der Waals surface area contributed by atoms with Crippen LogP contribution in [0.15, 0.2) is 96.1 Å². The molecule has 42 heavy (non-hydrogen) atoms. The van der Waals surface area contributed by atoms with Gasteiger partial charge in [-0.25, -0.2) is 0 Å². The van der Waals surface area contributed by atoms with E-state index in [0.717, 1.165) is 16.7 Å². The molecule has 0 amide bonds. The number of ether oxygens (including phenoxy) is 3. The fourth-order valence-electron chi connectivity index (χ4n) is 4.12. The third-order valence-corrected chi connectivity index (χ3v) is 12.2. The van der Waals surface area contributed by atoms with Crippen molar-refractivity contribution >= 4 is 8.32 Å². The molecular weight excluding hydrogens is 546 g/mol. The number of azide groups is 1. The summed E-state index contributed by atoms with van der Waals surface area (Å²) in [6, 6.07) is 28.5. The molecule has 9 heteroatoms. The van der Waals surface area contributed by atoms with Gasteiger partial charge in [-0.3, -0.25) is 0 Å². The van der Waals surface area contributed by atoms with Crippen LogP contribution in [0.25, 0.3) is 10.4 Å². The van der Waals surface area contributed by atoms with E-state index in [1.54, 1.807) is 0 Å². The fraction of sp³-hybridized carbons (Fsp3) is 0.455. The van der Waals surface area contributed by atoms with E-state index >= 15 is 0 Å². The first-order valence-corrected chi connectivity index (χ1v) is 17.3. The fourth-order valence-corrected chi connectivity index (χ4v) is 5.14. The predicted octanol–water partition coefficient (Wildman–Crippen LogP) is 7.44. The Morgan fingerprint density at radius 1 is 0.738 bits per heavy atom. The molecule has 0 saturated heterocycles. The van der Waals surface area contributed by atoms with Crippen LogP contribution in [0.1, 0.15) is 37.5 Å². The van der Waals surface area contributed by atoms with Gasteiger partial charge in [-0.2, -0.15) is 0 Å². The van der Waals surface area contributed by atoms with Crippen LogP contribution in [-0.2, 0) is 38.5 Å². The average Bonchev–Trinajstić information content (AvgIpc) is 2.98. The predicted molar refractivity (Wildman–Crippen MR) is 168 cm³/mol. The maximum atomic E-state index is 11.5. The maximum absolute atomic E-state index is 11.5. The number of aliphatic hydroxyl groups is 1. The molecule has 0 heterocycles. The second kappa shape index (κ2) is 16.6. The molecule has 3 aromatic carbocycles. The smallest absolute Gasteiger partial charge is 0.191 e. The van der Waals surface area contributed by atoms with E-state index in [1.165, 1.54) is 0 Å². The molecule has 226 valence electrons. The van der Waals surface area contributed by atoms with Crippen molar-refractivity contribution in [3.63, 3.8) is 0 Å². The summed E-state index contributed by atoms with van der Waals surface area (Å²) in [7, 11) is -2.19. The Morgan fingerprint density at radius 2 is 1.19 bits per heavy atom. The standard InChI is InChI=1S/C33H45N3O5Si/c1-33(2,3)42(4,5)41-24-29(35-36-34)31(39-22-27-17-11-7-12-18-27)32(40-23-28-19-13-8-14-20-28)30(37)25-38-21-26-15-9-6-10-16-26/h6-20,29-32,37H,21-25H2,1-5H3/t29-,30-,31+,32-/m1/s1. The van der Waals surface area contributed by atoms with Gasteiger partial charge in [-0.1, -0.05) is 117 Å². The topological polar surface area (TPSA) is 106 Å². The molecule has 0 aromatic heterocycles. The van der Waals surface area contributed by atoms with Gasteiger partial charge in [0.2, 0.25) is 0 Å². The monoisotopic (exact) mass is 591 g/mol. The molecule has 1 N–H and O–H groups in total. The highest BCUT2D eigenvalue weighted by molar-refractivity contribution is 6.74. The van der Waals surface area contributed by atoms with Crippen molar-refractivity contribution < 1.29 is 23.7 Å². The molecule has 4 atom stereocenters. The van der Waals surface area contributed by atoms with Crippen molar-refractivity contribution in [3.05, 3.63) is 118 Å². The van der Waals surface area contributed by atoms with Crippen LogP contribution in [0.5, 0.6) is 0 Å². The summed E-state index contributed by atoms with van der Waals surface area (Å²) in [4.78, 5) is 3.15. The number of hydrogen-bond donors (Lipinski definition) is 1. The highest BCUT2D eigenvalue weighted by Gasteiger charge is 2.41. The molecule has 3 rings (SSSR count). The molecule has 0 radical (unpaired) electrons. The first-order chi connectivity index (χ1) is 20.1. The van der Waals surface area contributed by atoms with Crippen LogP contribution in [0.4, 0.5) is 0 Å². The van der Waals surface area contributed by atoms with Gasteiger partial charge in [0.15, 0.2) is 8.32 Å². The summed E-state index contributed by atoms with van der Waals surface area (Å²) in [6.45, 7) is 11.7. The molecule has 0 spiro atoms. The Balaban J connectivity index is 1.89. The van der Waals surface area contributed by atoms with Crippen LogP contribution >= 0.6 is 0 Å². The second-order valence-corrected chi connectivity index (χ2v) is 16.7. The van der Waals surface area contributed by atoms with Gasteiger partial charge >= 0.3 is 0 Å². The summed E-state index contributed by atoms with van der Waals surface area (Å²) in [6.07, 6.45) is -2.75. The summed E-state index contributed by atoms with van der Waals surface area (Å²) >= 11 is 0. The lowest BCUT2D eigenvalue weighted by atomic mass is 10.0. The molecule has 0 bridgehead atoms. The number of rotatable bonds is 17. The summed E-state index contributed by atoms with van der Waals surface area (Å²) in [5, 5.41) is 15.6. The van der Waals surface area contributed by atoms with E-state index in [1.807, 2.05) is 91.0 Å². The summed E-state index contributed by atoms with van der Waals surface area (Å²) in [5.74, 6) is 0. The number of hydrogen-bond acceptors (Lipinski definition) is 6. The normalized spacial score (nSPS) is 14.9. The highest BCUT2D eigenvalue weighted by Crippen LogP contribution is 2.37. The molecule has 8 nitrogen and oxygen atoms in total. The molecule has 0 saturated carbocycles. The minimum absolute atomic E-state index is 0.00558. The van der Waals surface area contributed by atoms with Crippen LogP contribution in [-0.4, -0.2) is 51.0 Å². The van der Waals surface area contributed by atoms with Gasteiger partial charge in [0, 0.05) is 11.5 Å². The third kappa shape index (κ3) is 10.7. The van der Waals surface area contributed by atoms with Crippen LogP contribution in [0, 0.1) is 0 Å². The molecule has 0 aliphatic rings. The van der Waals surface area contributed by atoms with E-state index in [-0.39, 0.29) is 31.5 Å². The molecule has 0 fully saturated rings. The van der Waals surface area contributed by atoms with Crippen molar-refractivity contribution in [2.45, 2.75) is 83.1 Å². The van der Waals surface area contributed by atoms with E-state index in [9.17, 15) is 10.6 Å². The summed E-state index contributed by atoms with van der Waals surface area (Å²) in [5.41, 5.74) is 12.5. The van der Waals surface area contributed by atoms with Crippen molar-refractivity contribution in [2.24, 2.45) is 5.11 Å². The zero-order chi connectivity index (χ0) is 30.4. The molecule has 0 aliphatic carbocycles. The van der Waals surface area contributed by atoms with Gasteiger partial charge in [0.25, 0.3) is 0 Å². The number of aliphatic hydroxyl groups excluding tert-OH is 1. The number of nitrogens with zero attached hydrogens (tertiary/aromatic N) is 3. The Morgan fingerprint density at radius 3 is 1.64 bits per heavy atom. The first kappa shape index (κ1) is 33.5. The molecule has 0 aliphatic heterocycles. The maximum Gasteiger partial charge on any atom is 0.191 e. The highest BCUT2D eigenvalue weighted by atomic mass is 28.4. The Bertz CT molecular complexity index is 1220. The Labute approximate surface area is 251 Å². The van der Waals surface area contributed by atoms with Crippen LogP contribution in [0.3, 0.4) is 0 Å². The second-order valence-electron chi connectivity index (χ2n) is 11.9. The quantitative estimate of drug-likeness (QED) is 0.0760. The summed E-state index contributed by atoms with van der Waals surface area (Å²) < 4.78 is 25.3. The van der Waals surface area contributed by atoms with Gasteiger partial charge in [0.05, 0.1) is 38.6 Å². The van der Waals surface area contributed by atoms with E-state index < -0.39 is 32.7 Å². The largest absolute Gasteiger partial charge is 0.416 e. The minimum atomic E-state index is -2.19. The van der Waals surface area contributed by atoms with Gasteiger partial charge in [-0.05, 0) is 40.4 Å². The van der Waals surface area contributed by atoms with Crippen molar-refractivity contribution in [3.8, 4) is 0 Å². The number of benzene rings is 3. The van der Waals surface area contributed by atoms with E-state index in [2.05, 4.69) is 43.9 Å². The van der Waals surface area contributed by atoms with Gasteiger partial charge in [0.1, 0.15) is 12.2 Å². The molecule has 0 unspecified atom stereocenters. The van der Waals surface area contributed by atoms with E-state index in [4.69, 9.17) is 18.6 Å². The zero-order valence-corrected chi connectivity index (χ0v) is 26.4. The van der Waals surface area contributed by atoms with Crippen molar-refractivity contribution in [1.82, 2.24) is 0 Å².